The summed E-state index contributed by atoms with van der Waals surface area (Å²) in [5.41, 5.74) is 2.71. The highest BCUT2D eigenvalue weighted by molar-refractivity contribution is 5.99. The van der Waals surface area contributed by atoms with Gasteiger partial charge in [-0.25, -0.2) is 0 Å². The van der Waals surface area contributed by atoms with Crippen molar-refractivity contribution in [3.8, 4) is 0 Å². The zero-order chi connectivity index (χ0) is 9.83. The SMILES string of the molecule is c1cc2ccc3ccc[n+]4c3c2[n+](c1)C4. The summed E-state index contributed by atoms with van der Waals surface area (Å²) in [6, 6.07) is 13.0. The molecule has 15 heavy (non-hydrogen) atoms. The van der Waals surface area contributed by atoms with Crippen LogP contribution in [-0.4, -0.2) is 0 Å². The molecule has 1 aromatic carbocycles. The Balaban J connectivity index is 2.42. The Morgan fingerprint density at radius 2 is 1.27 bits per heavy atom. The second kappa shape index (κ2) is 2.34. The molecule has 1 aliphatic heterocycles. The van der Waals surface area contributed by atoms with E-state index in [9.17, 15) is 0 Å². The lowest BCUT2D eigenvalue weighted by Crippen LogP contribution is -2.45. The third-order valence-electron chi connectivity index (χ3n) is 3.18. The number of hydrogen-bond donors (Lipinski definition) is 0. The van der Waals surface area contributed by atoms with Gasteiger partial charge in [0.15, 0.2) is 12.4 Å². The highest BCUT2D eigenvalue weighted by Crippen LogP contribution is 2.21. The molecule has 0 spiro atoms. The van der Waals surface area contributed by atoms with Gasteiger partial charge in [-0.05, 0) is 24.3 Å². The van der Waals surface area contributed by atoms with E-state index in [0.717, 1.165) is 6.67 Å². The Morgan fingerprint density at radius 1 is 0.733 bits per heavy atom. The Hall–Kier alpha value is -1.96. The smallest absolute Gasteiger partial charge is 0.133 e. The second-order valence-corrected chi connectivity index (χ2v) is 4.04. The maximum atomic E-state index is 2.30. The van der Waals surface area contributed by atoms with E-state index in [4.69, 9.17) is 0 Å². The van der Waals surface area contributed by atoms with E-state index in [2.05, 4.69) is 57.9 Å². The maximum Gasteiger partial charge on any atom is 0.345 e. The molecule has 0 radical (unpaired) electrons. The van der Waals surface area contributed by atoms with Gasteiger partial charge in [0.1, 0.15) is 0 Å². The molecule has 0 saturated carbocycles. The van der Waals surface area contributed by atoms with E-state index < -0.39 is 0 Å². The first kappa shape index (κ1) is 7.35. The molecule has 70 valence electrons. The van der Waals surface area contributed by atoms with Gasteiger partial charge >= 0.3 is 6.67 Å². The Kier molecular flexibility index (Phi) is 1.15. The van der Waals surface area contributed by atoms with Crippen LogP contribution in [0, 0.1) is 0 Å². The van der Waals surface area contributed by atoms with Gasteiger partial charge in [0, 0.05) is 12.1 Å². The fourth-order valence-corrected chi connectivity index (χ4v) is 2.53. The molecule has 0 N–H and O–H groups in total. The highest BCUT2D eigenvalue weighted by atomic mass is 15.2. The first-order valence-corrected chi connectivity index (χ1v) is 5.17. The summed E-state index contributed by atoms with van der Waals surface area (Å²) in [5, 5.41) is 2.64. The summed E-state index contributed by atoms with van der Waals surface area (Å²) < 4.78 is 4.61. The van der Waals surface area contributed by atoms with Crippen molar-refractivity contribution >= 4 is 21.8 Å². The molecule has 3 aromatic rings. The van der Waals surface area contributed by atoms with Gasteiger partial charge in [-0.3, -0.25) is 0 Å². The predicted molar refractivity (Wildman–Crippen MR) is 57.2 cm³/mol. The minimum Gasteiger partial charge on any atom is -0.133 e. The molecule has 0 aliphatic carbocycles. The monoisotopic (exact) mass is 194 g/mol. The van der Waals surface area contributed by atoms with E-state index in [-0.39, 0.29) is 0 Å². The molecule has 2 heteroatoms. The van der Waals surface area contributed by atoms with Crippen LogP contribution in [0.2, 0.25) is 0 Å². The zero-order valence-electron chi connectivity index (χ0n) is 8.22. The van der Waals surface area contributed by atoms with Gasteiger partial charge in [-0.1, -0.05) is 0 Å². The summed E-state index contributed by atoms with van der Waals surface area (Å²) in [4.78, 5) is 0. The molecule has 0 unspecified atom stereocenters. The lowest BCUT2D eigenvalue weighted by atomic mass is 10.1. The molecule has 0 atom stereocenters. The summed E-state index contributed by atoms with van der Waals surface area (Å²) in [6.07, 6.45) is 4.30. The Bertz CT molecular complexity index is 641. The predicted octanol–water partition coefficient (Wildman–Crippen LogP) is 1.39. The molecule has 2 aromatic heterocycles. The minimum absolute atomic E-state index is 0.939. The fourth-order valence-electron chi connectivity index (χ4n) is 2.53. The van der Waals surface area contributed by atoms with Crippen LogP contribution in [0.25, 0.3) is 21.8 Å². The van der Waals surface area contributed by atoms with E-state index >= 15 is 0 Å². The van der Waals surface area contributed by atoms with Crippen molar-refractivity contribution in [2.75, 3.05) is 0 Å². The maximum absolute atomic E-state index is 2.30. The van der Waals surface area contributed by atoms with E-state index in [1.54, 1.807) is 0 Å². The Morgan fingerprint density at radius 3 is 1.80 bits per heavy atom. The summed E-state index contributed by atoms with van der Waals surface area (Å²) in [6.45, 7) is 0.939. The van der Waals surface area contributed by atoms with E-state index in [1.165, 1.54) is 21.8 Å². The van der Waals surface area contributed by atoms with Crippen molar-refractivity contribution in [2.45, 2.75) is 6.67 Å². The van der Waals surface area contributed by atoms with Crippen molar-refractivity contribution in [2.24, 2.45) is 0 Å². The zero-order valence-corrected chi connectivity index (χ0v) is 8.22. The number of aromatic nitrogens is 2. The summed E-state index contributed by atoms with van der Waals surface area (Å²) in [7, 11) is 0. The molecular weight excluding hydrogens is 184 g/mol. The number of pyridine rings is 2. The molecule has 3 heterocycles. The number of benzene rings is 1. The van der Waals surface area contributed by atoms with Crippen molar-refractivity contribution in [3.05, 3.63) is 48.8 Å². The molecule has 0 fully saturated rings. The third-order valence-corrected chi connectivity index (χ3v) is 3.18. The second-order valence-electron chi connectivity index (χ2n) is 4.04. The minimum atomic E-state index is 0.939. The Labute approximate surface area is 87.0 Å². The molecule has 4 rings (SSSR count). The number of nitrogens with zero attached hydrogens (tertiary/aromatic N) is 2. The van der Waals surface area contributed by atoms with Crippen LogP contribution in [0.1, 0.15) is 0 Å². The van der Waals surface area contributed by atoms with Gasteiger partial charge < -0.3 is 0 Å². The first-order chi connectivity index (χ1) is 7.43. The van der Waals surface area contributed by atoms with Crippen molar-refractivity contribution < 1.29 is 9.13 Å². The van der Waals surface area contributed by atoms with E-state index in [1.807, 2.05) is 0 Å². The van der Waals surface area contributed by atoms with E-state index in [0.29, 0.717) is 0 Å². The fraction of sp³-hybridized carbons (Fsp3) is 0.0769. The molecular formula is C13H10N2+2. The van der Waals surface area contributed by atoms with Gasteiger partial charge in [-0.2, -0.15) is 0 Å². The molecule has 1 aliphatic rings. The van der Waals surface area contributed by atoms with Gasteiger partial charge in [0.25, 0.3) is 11.0 Å². The molecule has 0 bridgehead atoms. The van der Waals surface area contributed by atoms with Crippen LogP contribution in [0.4, 0.5) is 0 Å². The highest BCUT2D eigenvalue weighted by Gasteiger charge is 2.29. The van der Waals surface area contributed by atoms with Crippen LogP contribution in [-0.2, 0) is 6.67 Å². The summed E-state index contributed by atoms with van der Waals surface area (Å²) >= 11 is 0. The normalized spacial score (nSPS) is 13.1. The third kappa shape index (κ3) is 0.796. The largest absolute Gasteiger partial charge is 0.345 e. The number of hydrogen-bond acceptors (Lipinski definition) is 0. The topological polar surface area (TPSA) is 7.76 Å². The van der Waals surface area contributed by atoms with Crippen LogP contribution in [0.3, 0.4) is 0 Å². The van der Waals surface area contributed by atoms with Crippen LogP contribution in [0.15, 0.2) is 48.8 Å². The average Bonchev–Trinajstić information content (AvgIpc) is 2.66. The lowest BCUT2D eigenvalue weighted by Gasteiger charge is -1.90. The standard InChI is InChI=1S/C13H10N2/c1-3-10-5-6-11-4-2-8-15-9-14(7-1)12(10)13(11)15/h1-8H,9H2/q+2. The lowest BCUT2D eigenvalue weighted by molar-refractivity contribution is -0.872. The van der Waals surface area contributed by atoms with Crippen molar-refractivity contribution in [3.63, 3.8) is 0 Å². The number of rotatable bonds is 0. The quantitative estimate of drug-likeness (QED) is 0.295. The summed E-state index contributed by atoms with van der Waals surface area (Å²) in [5.74, 6) is 0. The van der Waals surface area contributed by atoms with Crippen LogP contribution in [0.5, 0.6) is 0 Å². The molecule has 0 amide bonds. The van der Waals surface area contributed by atoms with Gasteiger partial charge in [-0.15, -0.1) is 9.13 Å². The average molecular weight is 194 g/mol. The van der Waals surface area contributed by atoms with Gasteiger partial charge in [0.2, 0.25) is 0 Å². The first-order valence-electron chi connectivity index (χ1n) is 5.17. The molecule has 0 saturated heterocycles. The molecule has 2 nitrogen and oxygen atoms in total. The van der Waals surface area contributed by atoms with Gasteiger partial charge in [0.05, 0.1) is 10.8 Å². The van der Waals surface area contributed by atoms with Crippen LogP contribution >= 0.6 is 0 Å². The van der Waals surface area contributed by atoms with Crippen molar-refractivity contribution in [1.29, 1.82) is 0 Å². The van der Waals surface area contributed by atoms with Crippen molar-refractivity contribution in [1.82, 2.24) is 0 Å². The van der Waals surface area contributed by atoms with Crippen LogP contribution < -0.4 is 9.13 Å².